The summed E-state index contributed by atoms with van der Waals surface area (Å²) in [6.07, 6.45) is 2.07. The number of halogens is 4. The lowest BCUT2D eigenvalue weighted by Gasteiger charge is -2.43. The Hall–Kier alpha value is -2.54. The van der Waals surface area contributed by atoms with Crippen LogP contribution in [-0.2, 0) is 6.42 Å². The van der Waals surface area contributed by atoms with Crippen LogP contribution in [-0.4, -0.2) is 34.2 Å². The monoisotopic (exact) mass is 490 g/mol. The summed E-state index contributed by atoms with van der Waals surface area (Å²) < 4.78 is 66.5. The number of benzene rings is 2. The molecule has 1 aliphatic rings. The molecule has 0 fully saturated rings. The molecule has 35 heavy (non-hydrogen) atoms. The molecule has 0 spiro atoms. The zero-order valence-electron chi connectivity index (χ0n) is 21.0. The van der Waals surface area contributed by atoms with Crippen LogP contribution >= 0.6 is 0 Å². The molecule has 2 aromatic carbocycles. The molecule has 0 unspecified atom stereocenters. The fourth-order valence-corrected chi connectivity index (χ4v) is 5.11. The first kappa shape index (κ1) is 25.5. The van der Waals surface area contributed by atoms with Gasteiger partial charge in [0.15, 0.2) is 0 Å². The number of hydrogen-bond donors (Lipinski definition) is 1. The molecular formula is C28H34F4N2O. The van der Waals surface area contributed by atoms with Crippen molar-refractivity contribution in [3.05, 3.63) is 64.6 Å². The predicted octanol–water partition coefficient (Wildman–Crippen LogP) is 7.63. The molecule has 0 saturated carbocycles. The van der Waals surface area contributed by atoms with E-state index in [1.165, 1.54) is 31.2 Å². The summed E-state index contributed by atoms with van der Waals surface area (Å²) in [6, 6.07) is 5.72. The average Bonchev–Trinajstić information content (AvgIpc) is 3.16. The van der Waals surface area contributed by atoms with E-state index in [-0.39, 0.29) is 42.2 Å². The highest BCUT2D eigenvalue weighted by Crippen LogP contribution is 2.44. The summed E-state index contributed by atoms with van der Waals surface area (Å²) in [4.78, 5) is 5.09. The molecule has 0 bridgehead atoms. The van der Waals surface area contributed by atoms with E-state index < -0.39 is 23.3 Å². The van der Waals surface area contributed by atoms with Gasteiger partial charge in [-0.15, -0.1) is 0 Å². The minimum Gasteiger partial charge on any atom is -0.490 e. The normalized spacial score (nSPS) is 20.3. The van der Waals surface area contributed by atoms with E-state index in [0.717, 1.165) is 18.4 Å². The van der Waals surface area contributed by atoms with Crippen molar-refractivity contribution in [2.24, 2.45) is 0 Å². The van der Waals surface area contributed by atoms with Crippen molar-refractivity contribution < 1.29 is 22.3 Å². The fourth-order valence-electron chi connectivity index (χ4n) is 5.11. The van der Waals surface area contributed by atoms with Crippen LogP contribution in [0.5, 0.6) is 5.75 Å². The van der Waals surface area contributed by atoms with E-state index in [0.29, 0.717) is 23.0 Å². The maximum Gasteiger partial charge on any atom is 0.135 e. The molecule has 1 aliphatic heterocycles. The quantitative estimate of drug-likeness (QED) is 0.329. The van der Waals surface area contributed by atoms with Crippen LogP contribution in [0, 0.1) is 17.5 Å². The number of rotatable bonds is 8. The molecule has 3 aromatic rings. The molecule has 7 heteroatoms. The van der Waals surface area contributed by atoms with Gasteiger partial charge in [0.25, 0.3) is 0 Å². The van der Waals surface area contributed by atoms with Crippen LogP contribution in [0.4, 0.5) is 17.6 Å². The SMILES string of the molecule is CCC(CC)Oc1cc(F)c([C@H]2c3[nH]c4ccc(F)cc4c3C[C@H](C)N2C[C@@](C)(F)CC)c(F)c1. The number of H-pyrrole nitrogens is 1. The summed E-state index contributed by atoms with van der Waals surface area (Å²) in [6.45, 7) is 9.10. The molecule has 0 amide bonds. The molecule has 0 radical (unpaired) electrons. The smallest absolute Gasteiger partial charge is 0.135 e. The van der Waals surface area contributed by atoms with Gasteiger partial charge in [0.05, 0.1) is 12.1 Å². The molecule has 3 nitrogen and oxygen atoms in total. The van der Waals surface area contributed by atoms with Crippen molar-refractivity contribution >= 4 is 10.9 Å². The Labute approximate surface area is 204 Å². The number of fused-ring (bicyclic) bond motifs is 3. The summed E-state index contributed by atoms with van der Waals surface area (Å²) >= 11 is 0. The van der Waals surface area contributed by atoms with Crippen LogP contribution in [0.25, 0.3) is 10.9 Å². The largest absolute Gasteiger partial charge is 0.490 e. The first-order valence-electron chi connectivity index (χ1n) is 12.5. The minimum absolute atomic E-state index is 0.00335. The highest BCUT2D eigenvalue weighted by atomic mass is 19.1. The summed E-state index contributed by atoms with van der Waals surface area (Å²) in [5.74, 6) is -1.74. The number of ether oxygens (including phenoxy) is 1. The van der Waals surface area contributed by atoms with Crippen molar-refractivity contribution in [2.45, 2.75) is 84.2 Å². The van der Waals surface area contributed by atoms with Crippen molar-refractivity contribution in [3.63, 3.8) is 0 Å². The van der Waals surface area contributed by atoms with Gasteiger partial charge < -0.3 is 9.72 Å². The van der Waals surface area contributed by atoms with Crippen LogP contribution in [0.3, 0.4) is 0 Å². The number of hydrogen-bond acceptors (Lipinski definition) is 2. The zero-order valence-corrected chi connectivity index (χ0v) is 21.0. The molecule has 0 saturated heterocycles. The summed E-state index contributed by atoms with van der Waals surface area (Å²) in [5.41, 5.74) is 0.355. The van der Waals surface area contributed by atoms with Gasteiger partial charge in [0.2, 0.25) is 0 Å². The zero-order chi connectivity index (χ0) is 25.5. The average molecular weight is 491 g/mol. The van der Waals surface area contributed by atoms with Crippen LogP contribution < -0.4 is 4.74 Å². The number of aromatic amines is 1. The maximum atomic E-state index is 15.7. The Morgan fingerprint density at radius 2 is 1.74 bits per heavy atom. The Balaban J connectivity index is 1.88. The van der Waals surface area contributed by atoms with Gasteiger partial charge in [-0.2, -0.15) is 0 Å². The third-order valence-corrected chi connectivity index (χ3v) is 7.36. The third kappa shape index (κ3) is 4.92. The van der Waals surface area contributed by atoms with Gasteiger partial charge in [-0.05, 0) is 63.3 Å². The van der Waals surface area contributed by atoms with Gasteiger partial charge in [-0.1, -0.05) is 20.8 Å². The third-order valence-electron chi connectivity index (χ3n) is 7.36. The molecule has 0 aliphatic carbocycles. The van der Waals surface area contributed by atoms with E-state index in [1.807, 2.05) is 25.7 Å². The van der Waals surface area contributed by atoms with Gasteiger partial charge in [-0.3, -0.25) is 4.90 Å². The first-order chi connectivity index (χ1) is 16.6. The van der Waals surface area contributed by atoms with Crippen molar-refractivity contribution in [1.29, 1.82) is 0 Å². The number of aromatic nitrogens is 1. The first-order valence-corrected chi connectivity index (χ1v) is 12.5. The lowest BCUT2D eigenvalue weighted by Crippen LogP contribution is -2.48. The maximum absolute atomic E-state index is 15.7. The van der Waals surface area contributed by atoms with Crippen molar-refractivity contribution in [1.82, 2.24) is 9.88 Å². The lowest BCUT2D eigenvalue weighted by atomic mass is 9.86. The van der Waals surface area contributed by atoms with E-state index in [4.69, 9.17) is 4.74 Å². The van der Waals surface area contributed by atoms with E-state index in [9.17, 15) is 4.39 Å². The van der Waals surface area contributed by atoms with Crippen LogP contribution in [0.1, 0.15) is 76.7 Å². The molecular weight excluding hydrogens is 456 g/mol. The fraction of sp³-hybridized carbons (Fsp3) is 0.500. The second kappa shape index (κ2) is 9.84. The predicted molar refractivity (Wildman–Crippen MR) is 131 cm³/mol. The second-order valence-electron chi connectivity index (χ2n) is 9.96. The van der Waals surface area contributed by atoms with Gasteiger partial charge in [-0.25, -0.2) is 17.6 Å². The Morgan fingerprint density at radius 3 is 2.34 bits per heavy atom. The van der Waals surface area contributed by atoms with Crippen LogP contribution in [0.2, 0.25) is 0 Å². The number of nitrogens with zero attached hydrogens (tertiary/aromatic N) is 1. The highest BCUT2D eigenvalue weighted by Gasteiger charge is 2.41. The van der Waals surface area contributed by atoms with Crippen molar-refractivity contribution in [3.8, 4) is 5.75 Å². The van der Waals surface area contributed by atoms with Gasteiger partial charge in [0.1, 0.15) is 28.9 Å². The Morgan fingerprint density at radius 1 is 1.09 bits per heavy atom. The van der Waals surface area contributed by atoms with E-state index >= 15 is 13.2 Å². The van der Waals surface area contributed by atoms with Crippen LogP contribution in [0.15, 0.2) is 30.3 Å². The van der Waals surface area contributed by atoms with Crippen molar-refractivity contribution in [2.75, 3.05) is 6.54 Å². The Kier molecular flexibility index (Phi) is 7.18. The molecule has 190 valence electrons. The number of nitrogens with one attached hydrogen (secondary N) is 1. The molecule has 3 atom stereocenters. The highest BCUT2D eigenvalue weighted by molar-refractivity contribution is 5.85. The lowest BCUT2D eigenvalue weighted by molar-refractivity contribution is 0.0515. The van der Waals surface area contributed by atoms with Gasteiger partial charge in [0, 0.05) is 46.9 Å². The van der Waals surface area contributed by atoms with E-state index in [1.54, 1.807) is 13.0 Å². The molecule has 2 heterocycles. The molecule has 1 aromatic heterocycles. The molecule has 4 rings (SSSR count). The minimum atomic E-state index is -1.55. The second-order valence-corrected chi connectivity index (χ2v) is 9.96. The van der Waals surface area contributed by atoms with E-state index in [2.05, 4.69) is 4.98 Å². The van der Waals surface area contributed by atoms with Gasteiger partial charge >= 0.3 is 0 Å². The number of alkyl halides is 1. The molecule has 1 N–H and O–H groups in total. The summed E-state index contributed by atoms with van der Waals surface area (Å²) in [5, 5.41) is 0.685. The topological polar surface area (TPSA) is 28.3 Å². The Bertz CT molecular complexity index is 1180. The summed E-state index contributed by atoms with van der Waals surface area (Å²) in [7, 11) is 0. The standard InChI is InChI=1S/C28H34F4N2O/c1-6-18(7-2)35-19-13-22(30)25(23(31)14-19)27-26-21(20-12-17(29)9-10-24(20)33-26)11-16(4)34(27)15-28(5,32)8-3/h9-10,12-14,16,18,27,33H,6-8,11,15H2,1-5H3/t16-,27-,28-/m0/s1.